The van der Waals surface area contributed by atoms with E-state index in [-0.39, 0.29) is 10.8 Å². The van der Waals surface area contributed by atoms with Gasteiger partial charge in [0.2, 0.25) is 0 Å². The minimum absolute atomic E-state index is 0.163. The van der Waals surface area contributed by atoms with Gasteiger partial charge in [-0.2, -0.15) is 8.42 Å². The van der Waals surface area contributed by atoms with Crippen LogP contribution in [0.25, 0.3) is 0 Å². The molecule has 0 spiro atoms. The van der Waals surface area contributed by atoms with Gasteiger partial charge in [-0.15, -0.1) is 0 Å². The third-order valence-electron chi connectivity index (χ3n) is 4.67. The van der Waals surface area contributed by atoms with Crippen LogP contribution in [0.1, 0.15) is 37.7 Å². The number of rotatable bonds is 3. The van der Waals surface area contributed by atoms with E-state index in [1.165, 1.54) is 0 Å². The van der Waals surface area contributed by atoms with E-state index >= 15 is 0 Å². The fourth-order valence-electron chi connectivity index (χ4n) is 3.77. The van der Waals surface area contributed by atoms with Crippen LogP contribution >= 0.6 is 0 Å². The summed E-state index contributed by atoms with van der Waals surface area (Å²) in [5, 5.41) is 9.85. The molecule has 2 saturated carbocycles. The molecule has 2 aliphatic rings. The Balaban J connectivity index is 1.92. The van der Waals surface area contributed by atoms with E-state index in [1.807, 2.05) is 6.07 Å². The molecule has 0 radical (unpaired) electrons. The molecule has 0 amide bonds. The number of aliphatic hydroxyl groups is 1. The summed E-state index contributed by atoms with van der Waals surface area (Å²) in [6.07, 6.45) is 3.29. The lowest BCUT2D eigenvalue weighted by atomic mass is 9.95. The maximum absolute atomic E-state index is 12.5. The number of aryl methyl sites for hydroxylation is 1. The van der Waals surface area contributed by atoms with E-state index in [9.17, 15) is 13.5 Å². The Labute approximate surface area is 119 Å². The molecule has 3 unspecified atom stereocenters. The van der Waals surface area contributed by atoms with Crippen molar-refractivity contribution in [3.63, 3.8) is 0 Å². The summed E-state index contributed by atoms with van der Waals surface area (Å²) < 4.78 is 30.8. The SMILES string of the molecule is Cc1ccccc1S(=O)(=O)OC12CCCC1CC(O)C2. The molecule has 0 aliphatic heterocycles. The molecule has 0 bridgehead atoms. The minimum atomic E-state index is -3.77. The lowest BCUT2D eigenvalue weighted by Gasteiger charge is -2.28. The first kappa shape index (κ1) is 14.0. The molecule has 2 fully saturated rings. The minimum Gasteiger partial charge on any atom is -0.393 e. The quantitative estimate of drug-likeness (QED) is 0.870. The summed E-state index contributed by atoms with van der Waals surface area (Å²) in [6.45, 7) is 1.77. The van der Waals surface area contributed by atoms with Crippen LogP contribution in [-0.4, -0.2) is 25.2 Å². The highest BCUT2D eigenvalue weighted by Gasteiger charge is 2.53. The summed E-state index contributed by atoms with van der Waals surface area (Å²) >= 11 is 0. The van der Waals surface area contributed by atoms with Crippen molar-refractivity contribution in [1.82, 2.24) is 0 Å². The second-order valence-corrected chi connectivity index (χ2v) is 7.57. The maximum Gasteiger partial charge on any atom is 0.297 e. The second-order valence-electron chi connectivity index (χ2n) is 6.05. The van der Waals surface area contributed by atoms with Crippen LogP contribution in [0.3, 0.4) is 0 Å². The Bertz CT molecular complexity index is 610. The van der Waals surface area contributed by atoms with E-state index in [4.69, 9.17) is 4.18 Å². The van der Waals surface area contributed by atoms with E-state index in [2.05, 4.69) is 0 Å². The van der Waals surface area contributed by atoms with Crippen molar-refractivity contribution in [2.24, 2.45) is 5.92 Å². The average Bonchev–Trinajstić information content (AvgIpc) is 2.83. The highest BCUT2D eigenvalue weighted by atomic mass is 32.2. The Morgan fingerprint density at radius 3 is 2.85 bits per heavy atom. The lowest BCUT2D eigenvalue weighted by molar-refractivity contribution is 0.0480. The first-order chi connectivity index (χ1) is 9.43. The van der Waals surface area contributed by atoms with Crippen molar-refractivity contribution in [3.8, 4) is 0 Å². The van der Waals surface area contributed by atoms with Gasteiger partial charge in [-0.25, -0.2) is 0 Å². The van der Waals surface area contributed by atoms with Crippen LogP contribution in [0.15, 0.2) is 29.2 Å². The fourth-order valence-corrected chi connectivity index (χ4v) is 5.29. The van der Waals surface area contributed by atoms with Crippen LogP contribution in [-0.2, 0) is 14.3 Å². The highest BCUT2D eigenvalue weighted by Crippen LogP contribution is 2.51. The number of fused-ring (bicyclic) bond motifs is 1. The normalized spacial score (nSPS) is 33.3. The van der Waals surface area contributed by atoms with Gasteiger partial charge in [0, 0.05) is 6.42 Å². The van der Waals surface area contributed by atoms with Crippen molar-refractivity contribution in [2.75, 3.05) is 0 Å². The number of hydrogen-bond donors (Lipinski definition) is 1. The Morgan fingerprint density at radius 2 is 2.10 bits per heavy atom. The largest absolute Gasteiger partial charge is 0.393 e. The first-order valence-electron chi connectivity index (χ1n) is 7.12. The Kier molecular flexibility index (Phi) is 3.39. The van der Waals surface area contributed by atoms with Gasteiger partial charge in [-0.05, 0) is 43.7 Å². The topological polar surface area (TPSA) is 63.6 Å². The highest BCUT2D eigenvalue weighted by molar-refractivity contribution is 7.86. The predicted molar refractivity (Wildman–Crippen MR) is 74.8 cm³/mol. The number of benzene rings is 1. The van der Waals surface area contributed by atoms with Crippen LogP contribution < -0.4 is 0 Å². The molecule has 20 heavy (non-hydrogen) atoms. The molecule has 1 aromatic rings. The van der Waals surface area contributed by atoms with Gasteiger partial charge in [0.15, 0.2) is 0 Å². The van der Waals surface area contributed by atoms with Gasteiger partial charge in [0.25, 0.3) is 10.1 Å². The molecule has 3 atom stereocenters. The smallest absolute Gasteiger partial charge is 0.297 e. The molecular formula is C15H20O4S. The molecule has 0 aromatic heterocycles. The molecule has 4 nitrogen and oxygen atoms in total. The summed E-state index contributed by atoms with van der Waals surface area (Å²) in [6, 6.07) is 6.86. The predicted octanol–water partition coefficient (Wildman–Crippen LogP) is 2.39. The lowest BCUT2D eigenvalue weighted by Crippen LogP contribution is -2.35. The van der Waals surface area contributed by atoms with E-state index < -0.39 is 21.8 Å². The van der Waals surface area contributed by atoms with Crippen molar-refractivity contribution >= 4 is 10.1 Å². The molecule has 3 rings (SSSR count). The monoisotopic (exact) mass is 296 g/mol. The molecule has 110 valence electrons. The van der Waals surface area contributed by atoms with Gasteiger partial charge in [0.1, 0.15) is 0 Å². The van der Waals surface area contributed by atoms with Crippen molar-refractivity contribution < 1.29 is 17.7 Å². The molecule has 2 aliphatic carbocycles. The molecular weight excluding hydrogens is 276 g/mol. The van der Waals surface area contributed by atoms with Crippen LogP contribution in [0.2, 0.25) is 0 Å². The molecule has 0 heterocycles. The summed E-state index contributed by atoms with van der Waals surface area (Å²) in [5.41, 5.74) is 0.0116. The number of hydrogen-bond acceptors (Lipinski definition) is 4. The van der Waals surface area contributed by atoms with Crippen molar-refractivity contribution in [2.45, 2.75) is 55.6 Å². The summed E-state index contributed by atoms with van der Waals surface area (Å²) in [4.78, 5) is 0.237. The zero-order valence-corrected chi connectivity index (χ0v) is 12.4. The second kappa shape index (κ2) is 4.83. The fraction of sp³-hybridized carbons (Fsp3) is 0.600. The maximum atomic E-state index is 12.5. The van der Waals surface area contributed by atoms with Gasteiger partial charge in [-0.3, -0.25) is 4.18 Å². The summed E-state index contributed by atoms with van der Waals surface area (Å²) in [5.74, 6) is 0.163. The van der Waals surface area contributed by atoms with Crippen LogP contribution in [0.4, 0.5) is 0 Å². The Morgan fingerprint density at radius 1 is 1.35 bits per heavy atom. The van der Waals surface area contributed by atoms with E-state index in [0.717, 1.165) is 19.3 Å². The third kappa shape index (κ3) is 2.28. The van der Waals surface area contributed by atoms with E-state index in [0.29, 0.717) is 18.4 Å². The van der Waals surface area contributed by atoms with Gasteiger partial charge in [0.05, 0.1) is 16.6 Å². The Hall–Kier alpha value is -0.910. The zero-order chi connectivity index (χ0) is 14.4. The standard InChI is InChI=1S/C15H20O4S/c1-11-5-2-3-7-14(11)20(17,18)19-15-8-4-6-12(15)9-13(16)10-15/h2-3,5,7,12-13,16H,4,6,8-10H2,1H3. The van der Waals surface area contributed by atoms with Gasteiger partial charge in [-0.1, -0.05) is 24.6 Å². The van der Waals surface area contributed by atoms with E-state index in [1.54, 1.807) is 25.1 Å². The summed E-state index contributed by atoms with van der Waals surface area (Å²) in [7, 11) is -3.77. The van der Waals surface area contributed by atoms with Crippen molar-refractivity contribution in [1.29, 1.82) is 0 Å². The number of aliphatic hydroxyl groups excluding tert-OH is 1. The molecule has 1 N–H and O–H groups in total. The molecule has 0 saturated heterocycles. The molecule has 1 aromatic carbocycles. The van der Waals surface area contributed by atoms with Gasteiger partial charge >= 0.3 is 0 Å². The average molecular weight is 296 g/mol. The van der Waals surface area contributed by atoms with Crippen LogP contribution in [0.5, 0.6) is 0 Å². The zero-order valence-electron chi connectivity index (χ0n) is 11.6. The first-order valence-corrected chi connectivity index (χ1v) is 8.53. The van der Waals surface area contributed by atoms with Gasteiger partial charge < -0.3 is 5.11 Å². The van der Waals surface area contributed by atoms with Crippen molar-refractivity contribution in [3.05, 3.63) is 29.8 Å². The molecule has 5 heteroatoms. The van der Waals surface area contributed by atoms with Crippen LogP contribution in [0, 0.1) is 12.8 Å². The third-order valence-corrected chi connectivity index (χ3v) is 6.22.